The zero-order chi connectivity index (χ0) is 19.1. The molecule has 0 spiro atoms. The van der Waals surface area contributed by atoms with E-state index >= 15 is 0 Å². The number of nitriles is 1. The number of anilines is 1. The molecule has 2 heterocycles. The number of hydrogen-bond donors (Lipinski definition) is 1. The fraction of sp³-hybridized carbons (Fsp3) is 0.350. The number of ether oxygens (including phenoxy) is 1. The first-order chi connectivity index (χ1) is 13.2. The second kappa shape index (κ2) is 8.90. The quantitative estimate of drug-likeness (QED) is 0.900. The molecule has 7 nitrogen and oxygen atoms in total. The Labute approximate surface area is 159 Å². The Hall–Kier alpha value is -3.27. The number of carbonyl (C=O) groups is 1. The number of rotatable bonds is 4. The van der Waals surface area contributed by atoms with Crippen LogP contribution in [0.25, 0.3) is 0 Å². The van der Waals surface area contributed by atoms with Gasteiger partial charge in [0.15, 0.2) is 0 Å². The van der Waals surface area contributed by atoms with E-state index in [1.807, 2.05) is 29.2 Å². The Balaban J connectivity index is 1.55. The SMILES string of the molecule is COc1ccc(CNC(=O)N2CCCN(c3ncccc3C#N)CC2)cc1. The first-order valence-electron chi connectivity index (χ1n) is 8.97. The molecule has 2 amide bonds. The number of carbonyl (C=O) groups excluding carboxylic acids is 1. The van der Waals surface area contributed by atoms with Crippen molar-refractivity contribution in [3.05, 3.63) is 53.7 Å². The molecule has 7 heteroatoms. The summed E-state index contributed by atoms with van der Waals surface area (Å²) in [6, 6.07) is 13.3. The number of pyridine rings is 1. The molecule has 1 aliphatic heterocycles. The summed E-state index contributed by atoms with van der Waals surface area (Å²) in [4.78, 5) is 20.8. The van der Waals surface area contributed by atoms with Crippen LogP contribution in [0.2, 0.25) is 0 Å². The average Bonchev–Trinajstić information content (AvgIpc) is 2.98. The van der Waals surface area contributed by atoms with Crippen LogP contribution in [0.4, 0.5) is 10.6 Å². The maximum absolute atomic E-state index is 12.5. The van der Waals surface area contributed by atoms with Gasteiger partial charge in [-0.15, -0.1) is 0 Å². The van der Waals surface area contributed by atoms with Crippen molar-refractivity contribution in [2.75, 3.05) is 38.2 Å². The van der Waals surface area contributed by atoms with Crippen LogP contribution in [-0.2, 0) is 6.54 Å². The molecule has 1 fully saturated rings. The number of amides is 2. The molecule has 0 radical (unpaired) electrons. The van der Waals surface area contributed by atoms with E-state index in [4.69, 9.17) is 4.74 Å². The smallest absolute Gasteiger partial charge is 0.317 e. The minimum atomic E-state index is -0.0748. The first-order valence-corrected chi connectivity index (χ1v) is 8.97. The van der Waals surface area contributed by atoms with Gasteiger partial charge in [0.2, 0.25) is 0 Å². The molecular formula is C20H23N5O2. The highest BCUT2D eigenvalue weighted by Gasteiger charge is 2.21. The van der Waals surface area contributed by atoms with Gasteiger partial charge in [0, 0.05) is 38.9 Å². The van der Waals surface area contributed by atoms with Crippen molar-refractivity contribution in [2.45, 2.75) is 13.0 Å². The summed E-state index contributed by atoms with van der Waals surface area (Å²) in [7, 11) is 1.63. The van der Waals surface area contributed by atoms with Crippen LogP contribution in [0, 0.1) is 11.3 Å². The Bertz CT molecular complexity index is 816. The van der Waals surface area contributed by atoms with Gasteiger partial charge in [0.25, 0.3) is 0 Å². The summed E-state index contributed by atoms with van der Waals surface area (Å²) in [6.45, 7) is 3.17. The third kappa shape index (κ3) is 4.67. The number of aromatic nitrogens is 1. The van der Waals surface area contributed by atoms with Crippen LogP contribution >= 0.6 is 0 Å². The van der Waals surface area contributed by atoms with Gasteiger partial charge in [0.05, 0.1) is 12.7 Å². The number of nitrogens with one attached hydrogen (secondary N) is 1. The van der Waals surface area contributed by atoms with Crippen LogP contribution in [0.3, 0.4) is 0 Å². The summed E-state index contributed by atoms with van der Waals surface area (Å²) in [6.07, 6.45) is 2.53. The largest absolute Gasteiger partial charge is 0.497 e. The third-order valence-electron chi connectivity index (χ3n) is 4.59. The van der Waals surface area contributed by atoms with Crippen LogP contribution in [0.5, 0.6) is 5.75 Å². The van der Waals surface area contributed by atoms with Crippen molar-refractivity contribution < 1.29 is 9.53 Å². The van der Waals surface area contributed by atoms with E-state index < -0.39 is 0 Å². The molecule has 1 aromatic carbocycles. The van der Waals surface area contributed by atoms with Gasteiger partial charge in [-0.2, -0.15) is 5.26 Å². The van der Waals surface area contributed by atoms with E-state index in [2.05, 4.69) is 21.3 Å². The summed E-state index contributed by atoms with van der Waals surface area (Å²) in [5.41, 5.74) is 1.59. The molecule has 2 aromatic rings. The predicted octanol–water partition coefficient (Wildman–Crippen LogP) is 2.38. The molecule has 1 saturated heterocycles. The lowest BCUT2D eigenvalue weighted by molar-refractivity contribution is 0.201. The number of methoxy groups -OCH3 is 1. The van der Waals surface area contributed by atoms with Crippen LogP contribution in [-0.4, -0.2) is 49.2 Å². The van der Waals surface area contributed by atoms with Crippen molar-refractivity contribution in [1.29, 1.82) is 5.26 Å². The molecule has 0 atom stereocenters. The Morgan fingerprint density at radius 1 is 1.22 bits per heavy atom. The van der Waals surface area contributed by atoms with E-state index in [1.54, 1.807) is 25.4 Å². The lowest BCUT2D eigenvalue weighted by Gasteiger charge is -2.23. The van der Waals surface area contributed by atoms with Crippen molar-refractivity contribution >= 4 is 11.8 Å². The van der Waals surface area contributed by atoms with Crippen LogP contribution < -0.4 is 15.0 Å². The fourth-order valence-corrected chi connectivity index (χ4v) is 3.10. The lowest BCUT2D eigenvalue weighted by Crippen LogP contribution is -2.41. The number of hydrogen-bond acceptors (Lipinski definition) is 5. The first kappa shape index (κ1) is 18.5. The number of urea groups is 1. The van der Waals surface area contributed by atoms with Gasteiger partial charge >= 0.3 is 6.03 Å². The van der Waals surface area contributed by atoms with Crippen molar-refractivity contribution in [2.24, 2.45) is 0 Å². The molecule has 1 aromatic heterocycles. The summed E-state index contributed by atoms with van der Waals surface area (Å²) in [5, 5.41) is 12.2. The normalized spacial score (nSPS) is 14.2. The van der Waals surface area contributed by atoms with Crippen LogP contribution in [0.1, 0.15) is 17.5 Å². The number of benzene rings is 1. The third-order valence-corrected chi connectivity index (χ3v) is 4.59. The van der Waals surface area contributed by atoms with E-state index in [1.165, 1.54) is 0 Å². The monoisotopic (exact) mass is 365 g/mol. The van der Waals surface area contributed by atoms with Gasteiger partial charge in [-0.3, -0.25) is 0 Å². The molecule has 1 aliphatic rings. The zero-order valence-corrected chi connectivity index (χ0v) is 15.4. The van der Waals surface area contributed by atoms with E-state index in [-0.39, 0.29) is 6.03 Å². The highest BCUT2D eigenvalue weighted by Crippen LogP contribution is 2.18. The summed E-state index contributed by atoms with van der Waals surface area (Å²) >= 11 is 0. The van der Waals surface area contributed by atoms with E-state index in [0.29, 0.717) is 37.6 Å². The zero-order valence-electron chi connectivity index (χ0n) is 15.4. The molecule has 27 heavy (non-hydrogen) atoms. The molecule has 0 saturated carbocycles. The molecule has 0 unspecified atom stereocenters. The molecule has 0 bridgehead atoms. The minimum Gasteiger partial charge on any atom is -0.497 e. The Kier molecular flexibility index (Phi) is 6.10. The topological polar surface area (TPSA) is 81.5 Å². The van der Waals surface area contributed by atoms with Crippen molar-refractivity contribution in [3.63, 3.8) is 0 Å². The molecule has 1 N–H and O–H groups in total. The highest BCUT2D eigenvalue weighted by atomic mass is 16.5. The average molecular weight is 365 g/mol. The molecule has 0 aliphatic carbocycles. The minimum absolute atomic E-state index is 0.0748. The van der Waals surface area contributed by atoms with Gasteiger partial charge in [-0.25, -0.2) is 9.78 Å². The van der Waals surface area contributed by atoms with Gasteiger partial charge < -0.3 is 19.9 Å². The second-order valence-corrected chi connectivity index (χ2v) is 6.32. The maximum Gasteiger partial charge on any atom is 0.317 e. The molecule has 3 rings (SSSR count). The fourth-order valence-electron chi connectivity index (χ4n) is 3.10. The van der Waals surface area contributed by atoms with Crippen molar-refractivity contribution in [3.8, 4) is 11.8 Å². The number of nitrogens with zero attached hydrogens (tertiary/aromatic N) is 4. The molecule has 140 valence electrons. The van der Waals surface area contributed by atoms with Gasteiger partial charge in [0.1, 0.15) is 17.6 Å². The molecular weight excluding hydrogens is 342 g/mol. The Morgan fingerprint density at radius 2 is 2.04 bits per heavy atom. The van der Waals surface area contributed by atoms with E-state index in [0.717, 1.165) is 24.3 Å². The maximum atomic E-state index is 12.5. The highest BCUT2D eigenvalue weighted by molar-refractivity contribution is 5.74. The van der Waals surface area contributed by atoms with Gasteiger partial charge in [-0.1, -0.05) is 12.1 Å². The predicted molar refractivity (Wildman–Crippen MR) is 103 cm³/mol. The van der Waals surface area contributed by atoms with E-state index in [9.17, 15) is 10.1 Å². The summed E-state index contributed by atoms with van der Waals surface area (Å²) in [5.74, 6) is 1.49. The van der Waals surface area contributed by atoms with Crippen molar-refractivity contribution in [1.82, 2.24) is 15.2 Å². The van der Waals surface area contributed by atoms with Gasteiger partial charge in [-0.05, 0) is 36.2 Å². The Morgan fingerprint density at radius 3 is 2.78 bits per heavy atom. The van der Waals surface area contributed by atoms with Crippen LogP contribution in [0.15, 0.2) is 42.6 Å². The second-order valence-electron chi connectivity index (χ2n) is 6.32. The summed E-state index contributed by atoms with van der Waals surface area (Å²) < 4.78 is 5.14. The lowest BCUT2D eigenvalue weighted by atomic mass is 10.2. The standard InChI is InChI=1S/C20H23N5O2/c1-27-18-7-5-16(6-8-18)15-23-20(26)25-11-3-10-24(12-13-25)19-17(14-21)4-2-9-22-19/h2,4-9H,3,10-13,15H2,1H3,(H,23,26).